The van der Waals surface area contributed by atoms with Crippen LogP contribution in [0.2, 0.25) is 0 Å². The molecule has 19 heavy (non-hydrogen) atoms. The summed E-state index contributed by atoms with van der Waals surface area (Å²) in [4.78, 5) is 8.69. The molecule has 0 aromatic carbocycles. The predicted octanol–water partition coefficient (Wildman–Crippen LogP) is 2.79. The molecule has 0 amide bonds. The van der Waals surface area contributed by atoms with Crippen LogP contribution in [-0.2, 0) is 6.54 Å². The van der Waals surface area contributed by atoms with Gasteiger partial charge in [-0.2, -0.15) is 0 Å². The third-order valence-electron chi connectivity index (χ3n) is 4.14. The number of nitrogens with one attached hydrogen (secondary N) is 1. The maximum atomic E-state index is 4.67. The summed E-state index contributed by atoms with van der Waals surface area (Å²) < 4.78 is 0. The van der Waals surface area contributed by atoms with Crippen molar-refractivity contribution in [2.24, 2.45) is 5.92 Å². The summed E-state index contributed by atoms with van der Waals surface area (Å²) in [6, 6.07) is 0.735. The highest BCUT2D eigenvalue weighted by Crippen LogP contribution is 2.27. The maximum Gasteiger partial charge on any atom is 0.107 e. The second kappa shape index (κ2) is 7.23. The number of nitrogens with zero attached hydrogens (tertiary/aromatic N) is 2. The first-order chi connectivity index (χ1) is 8.22. The Morgan fingerprint density at radius 3 is 2.74 bits per heavy atom. The van der Waals surface area contributed by atoms with E-state index in [1.165, 1.54) is 48.1 Å². The minimum atomic E-state index is 0. The van der Waals surface area contributed by atoms with E-state index in [-0.39, 0.29) is 24.8 Å². The summed E-state index contributed by atoms with van der Waals surface area (Å²) >= 11 is 1.87. The summed E-state index contributed by atoms with van der Waals surface area (Å²) in [6.45, 7) is 8.98. The Morgan fingerprint density at radius 1 is 1.26 bits per heavy atom. The van der Waals surface area contributed by atoms with E-state index in [1.54, 1.807) is 0 Å². The minimum absolute atomic E-state index is 0. The van der Waals surface area contributed by atoms with Crippen molar-refractivity contribution < 1.29 is 0 Å². The van der Waals surface area contributed by atoms with Gasteiger partial charge in [-0.3, -0.25) is 4.90 Å². The first-order valence-corrected chi connectivity index (χ1v) is 7.41. The summed E-state index contributed by atoms with van der Waals surface area (Å²) in [5, 5.41) is 4.88. The van der Waals surface area contributed by atoms with Crippen LogP contribution in [0.3, 0.4) is 0 Å². The molecule has 1 aromatic rings. The van der Waals surface area contributed by atoms with Gasteiger partial charge in [0.2, 0.25) is 0 Å². The Kier molecular flexibility index (Phi) is 6.54. The number of rotatable bonds is 2. The second-order valence-corrected chi connectivity index (χ2v) is 6.72. The van der Waals surface area contributed by atoms with Gasteiger partial charge < -0.3 is 5.32 Å². The average Bonchev–Trinajstić information content (AvgIpc) is 2.51. The lowest BCUT2D eigenvalue weighted by molar-refractivity contribution is 0.126. The molecule has 4 heterocycles. The number of halogens is 2. The van der Waals surface area contributed by atoms with E-state index in [0.29, 0.717) is 0 Å². The fraction of sp³-hybridized carbons (Fsp3) is 0.769. The van der Waals surface area contributed by atoms with Crippen molar-refractivity contribution in [2.75, 3.05) is 19.6 Å². The minimum Gasteiger partial charge on any atom is -0.315 e. The van der Waals surface area contributed by atoms with E-state index in [0.717, 1.165) is 18.5 Å². The molecule has 110 valence electrons. The predicted molar refractivity (Wildman–Crippen MR) is 85.9 cm³/mol. The van der Waals surface area contributed by atoms with Gasteiger partial charge in [-0.05, 0) is 39.2 Å². The van der Waals surface area contributed by atoms with Gasteiger partial charge in [0.25, 0.3) is 0 Å². The highest BCUT2D eigenvalue weighted by molar-refractivity contribution is 7.11. The van der Waals surface area contributed by atoms with Crippen LogP contribution in [0.4, 0.5) is 0 Å². The van der Waals surface area contributed by atoms with Crippen molar-refractivity contribution in [3.8, 4) is 0 Å². The number of fused-ring (bicyclic) bond motifs is 4. The molecule has 3 saturated heterocycles. The van der Waals surface area contributed by atoms with E-state index >= 15 is 0 Å². The number of aryl methyl sites for hydroxylation is 2. The molecule has 3 aliphatic heterocycles. The summed E-state index contributed by atoms with van der Waals surface area (Å²) in [5.41, 5.74) is 1.21. The van der Waals surface area contributed by atoms with Crippen LogP contribution in [0, 0.1) is 19.8 Å². The lowest BCUT2D eigenvalue weighted by atomic mass is 9.95. The molecule has 0 unspecified atom stereocenters. The van der Waals surface area contributed by atoms with Crippen molar-refractivity contribution in [3.05, 3.63) is 15.6 Å². The molecule has 0 saturated carbocycles. The van der Waals surface area contributed by atoms with Crippen LogP contribution in [0.25, 0.3) is 0 Å². The zero-order valence-electron chi connectivity index (χ0n) is 11.5. The van der Waals surface area contributed by atoms with Crippen LogP contribution in [-0.4, -0.2) is 35.6 Å². The highest BCUT2D eigenvalue weighted by Gasteiger charge is 2.31. The molecule has 3 fully saturated rings. The van der Waals surface area contributed by atoms with Crippen LogP contribution in [0.5, 0.6) is 0 Å². The molecule has 6 heteroatoms. The Hall–Kier alpha value is 0.130. The smallest absolute Gasteiger partial charge is 0.107 e. The Morgan fingerprint density at radius 2 is 2.05 bits per heavy atom. The van der Waals surface area contributed by atoms with Crippen molar-refractivity contribution in [3.63, 3.8) is 0 Å². The third kappa shape index (κ3) is 3.82. The van der Waals surface area contributed by atoms with Gasteiger partial charge in [0.1, 0.15) is 5.01 Å². The summed E-state index contributed by atoms with van der Waals surface area (Å²) in [7, 11) is 0. The molecule has 3 nitrogen and oxygen atoms in total. The SMILES string of the molecule is Cc1nc(CN2C[C@@H]3CC[C@H]2CNC3)sc1C.Cl.Cl. The van der Waals surface area contributed by atoms with E-state index in [4.69, 9.17) is 0 Å². The molecular formula is C13H23Cl2N3S. The zero-order valence-corrected chi connectivity index (χ0v) is 14.0. The van der Waals surface area contributed by atoms with Crippen molar-refractivity contribution in [1.29, 1.82) is 0 Å². The largest absolute Gasteiger partial charge is 0.315 e. The molecule has 2 bridgehead atoms. The number of hydrogen-bond acceptors (Lipinski definition) is 4. The number of piperidine rings is 1. The lowest BCUT2D eigenvalue weighted by Gasteiger charge is -2.35. The van der Waals surface area contributed by atoms with Crippen LogP contribution in [0.15, 0.2) is 0 Å². The fourth-order valence-corrected chi connectivity index (χ4v) is 3.97. The molecule has 2 atom stereocenters. The van der Waals surface area contributed by atoms with E-state index in [2.05, 4.69) is 29.0 Å². The molecule has 0 spiro atoms. The van der Waals surface area contributed by atoms with E-state index in [9.17, 15) is 0 Å². The number of thiazole rings is 1. The van der Waals surface area contributed by atoms with Gasteiger partial charge in [0.05, 0.1) is 12.2 Å². The van der Waals surface area contributed by atoms with Crippen LogP contribution >= 0.6 is 36.2 Å². The normalized spacial score (nSPS) is 26.4. The van der Waals surface area contributed by atoms with Gasteiger partial charge in [-0.15, -0.1) is 36.2 Å². The standard InChI is InChI=1S/C13H21N3S.2ClH/c1-9-10(2)17-13(15-9)8-16-7-11-3-4-12(16)6-14-5-11;;/h11-12,14H,3-8H2,1-2H3;2*1H/t11-,12+;;/m1../s1. The monoisotopic (exact) mass is 323 g/mol. The van der Waals surface area contributed by atoms with Crippen molar-refractivity contribution >= 4 is 36.2 Å². The Bertz CT molecular complexity index is 387. The average molecular weight is 324 g/mol. The van der Waals surface area contributed by atoms with Crippen molar-refractivity contribution in [1.82, 2.24) is 15.2 Å². The quantitative estimate of drug-likeness (QED) is 0.907. The van der Waals surface area contributed by atoms with Gasteiger partial charge >= 0.3 is 0 Å². The highest BCUT2D eigenvalue weighted by atomic mass is 35.5. The number of aromatic nitrogens is 1. The van der Waals surface area contributed by atoms with E-state index in [1.807, 2.05) is 11.3 Å². The van der Waals surface area contributed by atoms with Crippen LogP contribution in [0.1, 0.15) is 28.4 Å². The Labute approximate surface area is 132 Å². The lowest BCUT2D eigenvalue weighted by Crippen LogP contribution is -2.42. The summed E-state index contributed by atoms with van der Waals surface area (Å²) in [5.74, 6) is 0.857. The second-order valence-electron chi connectivity index (χ2n) is 5.43. The molecule has 0 radical (unpaired) electrons. The zero-order chi connectivity index (χ0) is 11.8. The van der Waals surface area contributed by atoms with Gasteiger partial charge in [-0.25, -0.2) is 4.98 Å². The fourth-order valence-electron chi connectivity index (χ4n) is 3.01. The van der Waals surface area contributed by atoms with E-state index < -0.39 is 0 Å². The van der Waals surface area contributed by atoms with Gasteiger partial charge in [-0.1, -0.05) is 0 Å². The first kappa shape index (κ1) is 17.2. The molecular weight excluding hydrogens is 301 g/mol. The van der Waals surface area contributed by atoms with Crippen LogP contribution < -0.4 is 5.32 Å². The molecule has 4 rings (SSSR count). The van der Waals surface area contributed by atoms with Gasteiger partial charge in [0.15, 0.2) is 0 Å². The van der Waals surface area contributed by atoms with Crippen molar-refractivity contribution in [2.45, 2.75) is 39.3 Å². The molecule has 0 aliphatic carbocycles. The Balaban J connectivity index is 0.000000902. The summed E-state index contributed by atoms with van der Waals surface area (Å²) in [6.07, 6.45) is 2.77. The molecule has 1 N–H and O–H groups in total. The third-order valence-corrected chi connectivity index (χ3v) is 5.20. The topological polar surface area (TPSA) is 28.2 Å². The molecule has 1 aromatic heterocycles. The molecule has 3 aliphatic rings. The first-order valence-electron chi connectivity index (χ1n) is 6.60. The number of hydrogen-bond donors (Lipinski definition) is 1. The maximum absolute atomic E-state index is 4.67. The van der Waals surface area contributed by atoms with Gasteiger partial charge in [0, 0.05) is 24.0 Å².